The second-order valence-corrected chi connectivity index (χ2v) is 9.96. The molecule has 0 N–H and O–H groups in total. The van der Waals surface area contributed by atoms with Crippen LogP contribution in [0, 0.1) is 0 Å². The van der Waals surface area contributed by atoms with Crippen molar-refractivity contribution in [3.63, 3.8) is 0 Å². The van der Waals surface area contributed by atoms with Crippen LogP contribution in [-0.2, 0) is 11.4 Å². The summed E-state index contributed by atoms with van der Waals surface area (Å²) in [7, 11) is 0. The lowest BCUT2D eigenvalue weighted by Gasteiger charge is -2.14. The summed E-state index contributed by atoms with van der Waals surface area (Å²) in [6.07, 6.45) is 0.771. The zero-order valence-electron chi connectivity index (χ0n) is 20.6. The Kier molecular flexibility index (Phi) is 7.08. The molecule has 2 heterocycles. The van der Waals surface area contributed by atoms with Gasteiger partial charge in [-0.15, -0.1) is 10.2 Å². The average molecular weight is 516 g/mol. The average Bonchev–Trinajstić information content (AvgIpc) is 3.25. The zero-order valence-corrected chi connectivity index (χ0v) is 21.4. The Morgan fingerprint density at radius 1 is 0.763 bits per heavy atom. The van der Waals surface area contributed by atoms with Crippen LogP contribution in [0.4, 0.5) is 0 Å². The lowest BCUT2D eigenvalue weighted by atomic mass is 10.0. The van der Waals surface area contributed by atoms with Gasteiger partial charge in [-0.2, -0.15) is 9.78 Å². The molecular formula is C31H25N5OS. The van der Waals surface area contributed by atoms with E-state index in [9.17, 15) is 0 Å². The van der Waals surface area contributed by atoms with E-state index in [-0.39, 0.29) is 11.9 Å². The van der Waals surface area contributed by atoms with E-state index >= 15 is 0 Å². The van der Waals surface area contributed by atoms with Crippen LogP contribution in [0.25, 0.3) is 0 Å². The molecule has 0 fully saturated rings. The highest BCUT2D eigenvalue weighted by molar-refractivity contribution is 7.99. The topological polar surface area (TPSA) is 64.7 Å². The molecule has 1 aliphatic rings. The van der Waals surface area contributed by atoms with E-state index in [1.807, 2.05) is 84.9 Å². The second kappa shape index (κ2) is 11.3. The third-order valence-electron chi connectivity index (χ3n) is 6.25. The monoisotopic (exact) mass is 515 g/mol. The SMILES string of the molecule is c1ccc(C2=Nn3c(CON=C(c4ccccc4)c4ccccc4)nnc3SC(c3ccccc3)C2)cc1. The molecule has 186 valence electrons. The minimum Gasteiger partial charge on any atom is -0.387 e. The van der Waals surface area contributed by atoms with E-state index in [4.69, 9.17) is 9.94 Å². The normalized spacial score (nSPS) is 14.6. The first-order valence-corrected chi connectivity index (χ1v) is 13.3. The maximum atomic E-state index is 5.89. The summed E-state index contributed by atoms with van der Waals surface area (Å²) in [4.78, 5) is 5.89. The smallest absolute Gasteiger partial charge is 0.212 e. The fraction of sp³-hybridized carbons (Fsp3) is 0.0968. The van der Waals surface area contributed by atoms with Crippen molar-refractivity contribution in [3.05, 3.63) is 149 Å². The first kappa shape index (κ1) is 23.9. The second-order valence-electron chi connectivity index (χ2n) is 8.79. The molecule has 1 atom stereocenters. The number of rotatable bonds is 7. The van der Waals surface area contributed by atoms with Gasteiger partial charge in [0.05, 0.1) is 5.71 Å². The van der Waals surface area contributed by atoms with E-state index in [2.05, 4.69) is 51.8 Å². The van der Waals surface area contributed by atoms with Crippen LogP contribution in [0.5, 0.6) is 0 Å². The number of aromatic nitrogens is 3. The molecule has 7 heteroatoms. The predicted octanol–water partition coefficient (Wildman–Crippen LogP) is 6.74. The Balaban J connectivity index is 1.32. The highest BCUT2D eigenvalue weighted by Crippen LogP contribution is 2.40. The number of fused-ring (bicyclic) bond motifs is 1. The van der Waals surface area contributed by atoms with Gasteiger partial charge >= 0.3 is 0 Å². The maximum Gasteiger partial charge on any atom is 0.212 e. The van der Waals surface area contributed by atoms with Gasteiger partial charge in [0, 0.05) is 22.8 Å². The Bertz CT molecular complexity index is 1510. The number of thioether (sulfide) groups is 1. The summed E-state index contributed by atoms with van der Waals surface area (Å²) >= 11 is 1.67. The molecule has 6 nitrogen and oxygen atoms in total. The summed E-state index contributed by atoms with van der Waals surface area (Å²) in [5.74, 6) is 0.596. The molecule has 1 aliphatic heterocycles. The minimum absolute atomic E-state index is 0.137. The van der Waals surface area contributed by atoms with E-state index in [1.165, 1.54) is 5.56 Å². The summed E-state index contributed by atoms with van der Waals surface area (Å²) in [6.45, 7) is 0.137. The number of nitrogens with zero attached hydrogens (tertiary/aromatic N) is 5. The Morgan fingerprint density at radius 3 is 1.97 bits per heavy atom. The summed E-state index contributed by atoms with van der Waals surface area (Å²) < 4.78 is 1.80. The number of hydrogen-bond donors (Lipinski definition) is 0. The highest BCUT2D eigenvalue weighted by atomic mass is 32.2. The number of hydrogen-bond acceptors (Lipinski definition) is 6. The maximum absolute atomic E-state index is 5.89. The van der Waals surface area contributed by atoms with E-state index in [0.29, 0.717) is 5.82 Å². The van der Waals surface area contributed by atoms with Gasteiger partial charge < -0.3 is 4.84 Å². The summed E-state index contributed by atoms with van der Waals surface area (Å²) in [5, 5.41) is 19.4. The van der Waals surface area contributed by atoms with Crippen molar-refractivity contribution < 1.29 is 4.84 Å². The lowest BCUT2D eigenvalue weighted by Crippen LogP contribution is -2.08. The van der Waals surface area contributed by atoms with Crippen LogP contribution >= 0.6 is 11.8 Å². The van der Waals surface area contributed by atoms with Gasteiger partial charge in [0.2, 0.25) is 5.16 Å². The van der Waals surface area contributed by atoms with Gasteiger partial charge in [0.15, 0.2) is 12.4 Å². The molecule has 0 aliphatic carbocycles. The molecule has 38 heavy (non-hydrogen) atoms. The first-order chi connectivity index (χ1) is 18.8. The van der Waals surface area contributed by atoms with Crippen molar-refractivity contribution in [2.75, 3.05) is 0 Å². The van der Waals surface area contributed by atoms with Crippen molar-refractivity contribution in [3.8, 4) is 0 Å². The first-order valence-electron chi connectivity index (χ1n) is 12.4. The molecule has 1 aromatic heterocycles. The fourth-order valence-corrected chi connectivity index (χ4v) is 5.47. The highest BCUT2D eigenvalue weighted by Gasteiger charge is 2.26. The third kappa shape index (κ3) is 5.28. The van der Waals surface area contributed by atoms with E-state index in [1.54, 1.807) is 16.4 Å². The molecule has 0 saturated carbocycles. The standard InChI is InChI=1S/C31H25N5OS/c1-5-13-23(14-6-1)27-21-28(24-15-7-2-8-16-24)38-31-33-32-29(36(31)34-27)22-37-35-30(25-17-9-3-10-18-25)26-19-11-4-12-20-26/h1-20,28H,21-22H2. The minimum atomic E-state index is 0.137. The largest absolute Gasteiger partial charge is 0.387 e. The summed E-state index contributed by atoms with van der Waals surface area (Å²) in [6, 6.07) is 40.8. The van der Waals surface area contributed by atoms with Crippen molar-refractivity contribution in [1.82, 2.24) is 14.9 Å². The molecule has 4 aromatic carbocycles. The lowest BCUT2D eigenvalue weighted by molar-refractivity contribution is 0.122. The Labute approximate surface area is 225 Å². The van der Waals surface area contributed by atoms with Gasteiger partial charge in [-0.1, -0.05) is 138 Å². The van der Waals surface area contributed by atoms with E-state index < -0.39 is 0 Å². The van der Waals surface area contributed by atoms with E-state index in [0.717, 1.165) is 39.7 Å². The Hall–Kier alpha value is -4.49. The Morgan fingerprint density at radius 2 is 1.34 bits per heavy atom. The summed E-state index contributed by atoms with van der Waals surface area (Å²) in [5.41, 5.74) is 6.00. The molecule has 6 rings (SSSR count). The van der Waals surface area contributed by atoms with Crippen LogP contribution in [-0.4, -0.2) is 26.3 Å². The molecule has 0 radical (unpaired) electrons. The number of oxime groups is 1. The van der Waals surface area contributed by atoms with Gasteiger partial charge in [-0.05, 0) is 11.1 Å². The van der Waals surface area contributed by atoms with Gasteiger partial charge in [-0.3, -0.25) is 0 Å². The van der Waals surface area contributed by atoms with Crippen LogP contribution < -0.4 is 0 Å². The molecule has 0 saturated heterocycles. The molecular weight excluding hydrogens is 490 g/mol. The van der Waals surface area contributed by atoms with Crippen LogP contribution in [0.15, 0.2) is 137 Å². The third-order valence-corrected chi connectivity index (χ3v) is 7.43. The number of benzene rings is 4. The van der Waals surface area contributed by atoms with Gasteiger partial charge in [0.1, 0.15) is 5.71 Å². The van der Waals surface area contributed by atoms with Crippen molar-refractivity contribution in [1.29, 1.82) is 0 Å². The van der Waals surface area contributed by atoms with Crippen LogP contribution in [0.2, 0.25) is 0 Å². The predicted molar refractivity (Wildman–Crippen MR) is 151 cm³/mol. The quantitative estimate of drug-likeness (QED) is 0.178. The van der Waals surface area contributed by atoms with Crippen LogP contribution in [0.1, 0.15) is 39.7 Å². The van der Waals surface area contributed by atoms with Crippen molar-refractivity contribution in [2.45, 2.75) is 23.4 Å². The van der Waals surface area contributed by atoms with Gasteiger partial charge in [-0.25, -0.2) is 0 Å². The molecule has 5 aromatic rings. The van der Waals surface area contributed by atoms with Crippen molar-refractivity contribution in [2.24, 2.45) is 10.3 Å². The van der Waals surface area contributed by atoms with Crippen molar-refractivity contribution >= 4 is 23.2 Å². The fourth-order valence-electron chi connectivity index (χ4n) is 4.34. The van der Waals surface area contributed by atoms with Gasteiger partial charge in [0.25, 0.3) is 0 Å². The van der Waals surface area contributed by atoms with Crippen LogP contribution in [0.3, 0.4) is 0 Å². The molecule has 0 amide bonds. The molecule has 0 spiro atoms. The molecule has 0 bridgehead atoms. The zero-order chi connectivity index (χ0) is 25.6. The molecule has 1 unspecified atom stereocenters.